The molecule has 0 atom stereocenters. The highest BCUT2D eigenvalue weighted by Crippen LogP contribution is 2.47. The number of phenolic OH excluding ortho intramolecular Hbond substituents is 1. The molecule has 0 bridgehead atoms. The van der Waals surface area contributed by atoms with Gasteiger partial charge in [0.25, 0.3) is 0 Å². The molecule has 0 radical (unpaired) electrons. The molecule has 4 nitrogen and oxygen atoms in total. The van der Waals surface area contributed by atoms with Crippen LogP contribution >= 0.6 is 0 Å². The molecule has 0 fully saturated rings. The van der Waals surface area contributed by atoms with Gasteiger partial charge in [0.2, 0.25) is 0 Å². The molecule has 0 aliphatic heterocycles. The van der Waals surface area contributed by atoms with Gasteiger partial charge in [-0.15, -0.1) is 0 Å². The first-order chi connectivity index (χ1) is 36.9. The number of aromatic hydroxyl groups is 1. The Bertz CT molecular complexity index is 3640. The molecule has 354 valence electrons. The quantitative estimate of drug-likeness (QED) is 0.157. The molecule has 0 aliphatic carbocycles. The fourth-order valence-corrected chi connectivity index (χ4v) is 9.57. The minimum atomic E-state index is -3.55. The van der Waals surface area contributed by atoms with Gasteiger partial charge in [-0.25, -0.2) is 4.98 Å². The number of nitrogens with zero attached hydrogens (tertiary/aromatic N) is 3. The Morgan fingerprint density at radius 1 is 0.486 bits per heavy atom. The smallest absolute Gasteiger partial charge is 0.149 e. The molecule has 0 saturated heterocycles. The van der Waals surface area contributed by atoms with Crippen LogP contribution in [0.25, 0.3) is 83.9 Å². The summed E-state index contributed by atoms with van der Waals surface area (Å²) in [6.45, 7) is 10.6. The average molecular weight is 929 g/mol. The summed E-state index contributed by atoms with van der Waals surface area (Å²) in [5.41, 5.74) is 9.10. The summed E-state index contributed by atoms with van der Waals surface area (Å²) in [7, 11) is 0. The Morgan fingerprint density at radius 2 is 1.04 bits per heavy atom. The van der Waals surface area contributed by atoms with Crippen molar-refractivity contribution in [2.75, 3.05) is 0 Å². The third-order valence-corrected chi connectivity index (χ3v) is 13.5. The number of fused-ring (bicyclic) bond motifs is 1. The second kappa shape index (κ2) is 18.4. The molecule has 9 rings (SSSR count). The lowest BCUT2D eigenvalue weighted by Crippen LogP contribution is -2.17. The Labute approximate surface area is 429 Å². The number of imidazole rings is 1. The largest absolute Gasteiger partial charge is 0.507 e. The number of pyridine rings is 1. The standard InChI is InChI=1S/C66H69N3O/c1-41(2)54-36-48(44-23-18-15-19-24-44)37-55(42(3)4)61(54)69-59-26-20-25-53(60(59)68-63(69)56-39-52(65(8,9)10)40-57(62(56)70)66(11,12)13)49-33-50(35-51(34-49)64(5,6)7)58-38-47(31-32-67-58)46-29-27-45(28-30-46)43-21-16-14-17-22-43/h14-42,70H,1-13H3/i5D3,6D3,7D3. The lowest BCUT2D eigenvalue weighted by Gasteiger charge is -2.28. The van der Waals surface area contributed by atoms with Gasteiger partial charge in [-0.1, -0.05) is 199 Å². The van der Waals surface area contributed by atoms with E-state index in [9.17, 15) is 5.11 Å². The van der Waals surface area contributed by atoms with Crippen LogP contribution in [0.15, 0.2) is 164 Å². The van der Waals surface area contributed by atoms with Crippen LogP contribution < -0.4 is 0 Å². The first-order valence-corrected chi connectivity index (χ1v) is 24.3. The van der Waals surface area contributed by atoms with Crippen LogP contribution in [0.3, 0.4) is 0 Å². The predicted octanol–water partition coefficient (Wildman–Crippen LogP) is 18.3. The molecule has 2 heterocycles. The third-order valence-electron chi connectivity index (χ3n) is 13.5. The normalized spacial score (nSPS) is 14.8. The summed E-state index contributed by atoms with van der Waals surface area (Å²) in [6.07, 6.45) is 1.63. The Kier molecular flexibility index (Phi) is 9.92. The molecule has 9 aromatic rings. The van der Waals surface area contributed by atoms with Crippen molar-refractivity contribution in [2.45, 2.75) is 118 Å². The molecule has 0 amide bonds. The summed E-state index contributed by atoms with van der Waals surface area (Å²) >= 11 is 0. The van der Waals surface area contributed by atoms with E-state index in [4.69, 9.17) is 22.3 Å². The second-order valence-electron chi connectivity index (χ2n) is 21.5. The highest BCUT2D eigenvalue weighted by molar-refractivity contribution is 5.97. The molecule has 0 saturated carbocycles. The van der Waals surface area contributed by atoms with E-state index in [1.807, 2.05) is 109 Å². The topological polar surface area (TPSA) is 50.9 Å². The van der Waals surface area contributed by atoms with Crippen molar-refractivity contribution in [2.24, 2.45) is 0 Å². The van der Waals surface area contributed by atoms with Crippen molar-refractivity contribution in [1.82, 2.24) is 14.5 Å². The number of para-hydroxylation sites is 1. The highest BCUT2D eigenvalue weighted by Gasteiger charge is 2.31. The van der Waals surface area contributed by atoms with Crippen molar-refractivity contribution >= 4 is 11.0 Å². The van der Waals surface area contributed by atoms with Crippen LogP contribution in [0.5, 0.6) is 5.75 Å². The zero-order chi connectivity index (χ0) is 57.4. The van der Waals surface area contributed by atoms with Gasteiger partial charge < -0.3 is 5.11 Å². The van der Waals surface area contributed by atoms with Gasteiger partial charge in [0.1, 0.15) is 11.6 Å². The van der Waals surface area contributed by atoms with Gasteiger partial charge in [0.05, 0.1) is 28.0 Å². The lowest BCUT2D eigenvalue weighted by atomic mass is 9.78. The van der Waals surface area contributed by atoms with Crippen molar-refractivity contribution in [3.8, 4) is 78.6 Å². The third kappa shape index (κ3) is 9.37. The molecule has 7 aromatic carbocycles. The summed E-state index contributed by atoms with van der Waals surface area (Å²) < 4.78 is 82.2. The van der Waals surface area contributed by atoms with Crippen LogP contribution in [0, 0.1) is 0 Å². The number of hydrogen-bond acceptors (Lipinski definition) is 3. The summed E-state index contributed by atoms with van der Waals surface area (Å²) in [5.74, 6) is 0.542. The molecular formula is C66H69N3O. The molecule has 0 spiro atoms. The van der Waals surface area contributed by atoms with E-state index in [2.05, 4.69) is 104 Å². The molecule has 0 aliphatic rings. The number of phenols is 1. The van der Waals surface area contributed by atoms with E-state index in [0.29, 0.717) is 44.8 Å². The van der Waals surface area contributed by atoms with E-state index < -0.39 is 36.9 Å². The monoisotopic (exact) mass is 929 g/mol. The summed E-state index contributed by atoms with van der Waals surface area (Å²) in [6, 6.07) is 50.9. The van der Waals surface area contributed by atoms with Gasteiger partial charge in [0.15, 0.2) is 0 Å². The van der Waals surface area contributed by atoms with Gasteiger partial charge >= 0.3 is 0 Å². The maximum Gasteiger partial charge on any atom is 0.149 e. The fraction of sp³-hybridized carbons (Fsp3) is 0.273. The number of aromatic nitrogens is 3. The highest BCUT2D eigenvalue weighted by atomic mass is 16.3. The van der Waals surface area contributed by atoms with Crippen LogP contribution in [-0.4, -0.2) is 19.6 Å². The van der Waals surface area contributed by atoms with E-state index in [0.717, 1.165) is 61.3 Å². The van der Waals surface area contributed by atoms with Gasteiger partial charge in [-0.3, -0.25) is 9.55 Å². The zero-order valence-corrected chi connectivity index (χ0v) is 42.0. The van der Waals surface area contributed by atoms with E-state index >= 15 is 0 Å². The van der Waals surface area contributed by atoms with E-state index in [1.165, 1.54) is 12.1 Å². The first-order valence-electron chi connectivity index (χ1n) is 28.8. The van der Waals surface area contributed by atoms with E-state index in [-0.39, 0.29) is 23.0 Å². The van der Waals surface area contributed by atoms with Crippen molar-refractivity contribution in [1.29, 1.82) is 0 Å². The minimum absolute atomic E-state index is 0.00126. The van der Waals surface area contributed by atoms with Gasteiger partial charge in [-0.2, -0.15) is 0 Å². The van der Waals surface area contributed by atoms with Crippen LogP contribution in [0.4, 0.5) is 0 Å². The van der Waals surface area contributed by atoms with Crippen molar-refractivity contribution in [3.05, 3.63) is 192 Å². The fourth-order valence-electron chi connectivity index (χ4n) is 9.57. The van der Waals surface area contributed by atoms with Gasteiger partial charge in [0, 0.05) is 35.2 Å². The summed E-state index contributed by atoms with van der Waals surface area (Å²) in [4.78, 5) is 10.4. The molecule has 1 N–H and O–H groups in total. The molecule has 0 unspecified atom stereocenters. The number of rotatable bonds is 9. The Morgan fingerprint density at radius 3 is 1.61 bits per heavy atom. The maximum atomic E-state index is 12.8. The number of benzene rings is 7. The van der Waals surface area contributed by atoms with Crippen LogP contribution in [-0.2, 0) is 16.2 Å². The molecule has 4 heteroatoms. The molecule has 2 aromatic heterocycles. The molecular weight excluding hydrogens is 851 g/mol. The lowest BCUT2D eigenvalue weighted by molar-refractivity contribution is 0.446. The van der Waals surface area contributed by atoms with Crippen LogP contribution in [0.1, 0.15) is 142 Å². The SMILES string of the molecule is [2H]C([2H])([2H])C(c1cc(-c2cc(-c3ccc(-c4ccccc4)cc3)ccn2)cc(-c2cccc3c2nc(-c2cc(C(C)(C)C)cc(C(C)(C)C)c2O)n3-c2c(C(C)C)cc(-c3ccccc3)cc2C(C)C)c1)(C([2H])([2H])[2H])C([2H])([2H])[2H]. The van der Waals surface area contributed by atoms with E-state index in [1.54, 1.807) is 12.3 Å². The van der Waals surface area contributed by atoms with Crippen molar-refractivity contribution < 1.29 is 17.4 Å². The van der Waals surface area contributed by atoms with Crippen molar-refractivity contribution in [3.63, 3.8) is 0 Å². The summed E-state index contributed by atoms with van der Waals surface area (Å²) in [5, 5.41) is 12.8. The zero-order valence-electron chi connectivity index (χ0n) is 51.0. The first kappa shape index (κ1) is 37.8. The maximum absolute atomic E-state index is 12.8. The van der Waals surface area contributed by atoms with Crippen LogP contribution in [0.2, 0.25) is 0 Å². The Hall–Kier alpha value is -7.04. The minimum Gasteiger partial charge on any atom is -0.507 e. The average Bonchev–Trinajstić information content (AvgIpc) is 4.03. The molecule has 70 heavy (non-hydrogen) atoms. The number of hydrogen-bond donors (Lipinski definition) is 1. The Balaban J connectivity index is 1.40. The van der Waals surface area contributed by atoms with Gasteiger partial charge in [-0.05, 0) is 138 Å². The second-order valence-corrected chi connectivity index (χ2v) is 21.5. The predicted molar refractivity (Wildman–Crippen MR) is 297 cm³/mol.